The Morgan fingerprint density at radius 1 is 1.06 bits per heavy atom. The van der Waals surface area contributed by atoms with E-state index in [2.05, 4.69) is 21.2 Å². The number of amides is 2. The van der Waals surface area contributed by atoms with E-state index in [1.54, 1.807) is 6.92 Å². The Balaban J connectivity index is 2.15. The smallest absolute Gasteiger partial charge is 0.242 e. The highest BCUT2D eigenvalue weighted by Crippen LogP contribution is 2.20. The summed E-state index contributed by atoms with van der Waals surface area (Å²) in [5.41, 5.74) is 1.20. The fraction of sp³-hybridized carbons (Fsp3) is 0.440. The predicted molar refractivity (Wildman–Crippen MR) is 140 cm³/mol. The van der Waals surface area contributed by atoms with E-state index >= 15 is 0 Å². The minimum absolute atomic E-state index is 0.0198. The van der Waals surface area contributed by atoms with Crippen molar-refractivity contribution in [2.24, 2.45) is 0 Å². The number of nitrogens with one attached hydrogen (secondary N) is 1. The average Bonchev–Trinajstić information content (AvgIpc) is 2.80. The summed E-state index contributed by atoms with van der Waals surface area (Å²) >= 11 is 3.40. The molecule has 2 amide bonds. The molecule has 192 valence electrons. The van der Waals surface area contributed by atoms with Crippen molar-refractivity contribution in [3.05, 3.63) is 64.4 Å². The summed E-state index contributed by atoms with van der Waals surface area (Å²) in [6.45, 7) is 5.86. The minimum atomic E-state index is -3.63. The number of benzene rings is 2. The number of sulfonamides is 1. The van der Waals surface area contributed by atoms with Gasteiger partial charge in [0.25, 0.3) is 0 Å². The molecule has 2 rings (SSSR count). The molecule has 0 aromatic heterocycles. The molecule has 0 heterocycles. The highest BCUT2D eigenvalue weighted by atomic mass is 79.9. The Hall–Kier alpha value is -2.46. The van der Waals surface area contributed by atoms with Crippen molar-refractivity contribution >= 4 is 43.5 Å². The number of carbonyl (C=O) groups is 2. The van der Waals surface area contributed by atoms with Crippen LogP contribution in [0.15, 0.2) is 53.0 Å². The summed E-state index contributed by atoms with van der Waals surface area (Å²) in [6, 6.07) is 11.9. The highest BCUT2D eigenvalue weighted by molar-refractivity contribution is 9.10. The van der Waals surface area contributed by atoms with E-state index in [4.69, 9.17) is 0 Å². The molecule has 1 N–H and O–H groups in total. The molecule has 35 heavy (non-hydrogen) atoms. The maximum absolute atomic E-state index is 13.3. The van der Waals surface area contributed by atoms with Crippen LogP contribution in [0, 0.1) is 5.82 Å². The second-order valence-corrected chi connectivity index (χ2v) is 11.4. The molecule has 0 spiro atoms. The molecular formula is C25H33BrFN3O4S. The number of anilines is 1. The first-order chi connectivity index (χ1) is 16.4. The van der Waals surface area contributed by atoms with Crippen LogP contribution in [-0.2, 0) is 26.2 Å². The summed E-state index contributed by atoms with van der Waals surface area (Å²) in [5, 5.41) is 2.92. The Morgan fingerprint density at radius 2 is 1.66 bits per heavy atom. The Bertz CT molecular complexity index is 1090. The molecule has 7 nitrogen and oxygen atoms in total. The van der Waals surface area contributed by atoms with Crippen LogP contribution in [0.25, 0.3) is 0 Å². The molecule has 0 saturated heterocycles. The second kappa shape index (κ2) is 13.0. The first-order valence-electron chi connectivity index (χ1n) is 11.5. The number of halogens is 2. The monoisotopic (exact) mass is 569 g/mol. The molecular weight excluding hydrogens is 537 g/mol. The van der Waals surface area contributed by atoms with Gasteiger partial charge in [0, 0.05) is 30.0 Å². The Morgan fingerprint density at radius 3 is 2.20 bits per heavy atom. The fourth-order valence-corrected chi connectivity index (χ4v) is 4.68. The topological polar surface area (TPSA) is 86.8 Å². The van der Waals surface area contributed by atoms with E-state index in [0.717, 1.165) is 27.0 Å². The van der Waals surface area contributed by atoms with E-state index in [1.807, 2.05) is 38.1 Å². The van der Waals surface area contributed by atoms with Crippen LogP contribution in [0.1, 0.15) is 45.6 Å². The SMILES string of the molecule is CC[C@@H](C)NC(=O)[C@@H](C)N(Cc1ccc(Br)cc1)C(=O)CCCN(c1ccc(F)cc1)S(C)(=O)=O. The van der Waals surface area contributed by atoms with Crippen LogP contribution < -0.4 is 9.62 Å². The maximum atomic E-state index is 13.3. The largest absolute Gasteiger partial charge is 0.352 e. The van der Waals surface area contributed by atoms with Gasteiger partial charge in [-0.05, 0) is 68.7 Å². The van der Waals surface area contributed by atoms with Gasteiger partial charge in [0.05, 0.1) is 11.9 Å². The molecule has 2 aromatic rings. The van der Waals surface area contributed by atoms with Crippen molar-refractivity contribution in [2.45, 2.75) is 58.7 Å². The third-order valence-corrected chi connectivity index (χ3v) is 7.42. The van der Waals surface area contributed by atoms with Crippen LogP contribution in [0.3, 0.4) is 0 Å². The van der Waals surface area contributed by atoms with Crippen molar-refractivity contribution in [1.29, 1.82) is 0 Å². The van der Waals surface area contributed by atoms with E-state index < -0.39 is 21.9 Å². The zero-order chi connectivity index (χ0) is 26.2. The molecule has 0 radical (unpaired) electrons. The molecule has 0 fully saturated rings. The zero-order valence-corrected chi connectivity index (χ0v) is 22.9. The van der Waals surface area contributed by atoms with Gasteiger partial charge < -0.3 is 10.2 Å². The first-order valence-corrected chi connectivity index (χ1v) is 14.1. The molecule has 2 aromatic carbocycles. The standard InChI is InChI=1S/C25H33BrFN3O4S/c1-5-18(2)28-25(32)19(3)29(17-20-8-10-21(26)11-9-20)24(31)7-6-16-30(35(4,33)34)23-14-12-22(27)13-15-23/h8-15,18-19H,5-7,16-17H2,1-4H3,(H,28,32)/t18-,19-/m1/s1. The van der Waals surface area contributed by atoms with Gasteiger partial charge in [0.15, 0.2) is 0 Å². The minimum Gasteiger partial charge on any atom is -0.352 e. The molecule has 0 aliphatic carbocycles. The normalized spacial score (nSPS) is 13.1. The van der Waals surface area contributed by atoms with Crippen molar-refractivity contribution < 1.29 is 22.4 Å². The lowest BCUT2D eigenvalue weighted by molar-refractivity contribution is -0.140. The number of hydrogen-bond acceptors (Lipinski definition) is 4. The number of rotatable bonds is 12. The molecule has 10 heteroatoms. The first kappa shape index (κ1) is 28.8. The predicted octanol–water partition coefficient (Wildman–Crippen LogP) is 4.47. The van der Waals surface area contributed by atoms with Gasteiger partial charge >= 0.3 is 0 Å². The summed E-state index contributed by atoms with van der Waals surface area (Å²) in [7, 11) is -3.63. The van der Waals surface area contributed by atoms with Crippen molar-refractivity contribution in [2.75, 3.05) is 17.1 Å². The second-order valence-electron chi connectivity index (χ2n) is 8.56. The van der Waals surface area contributed by atoms with Gasteiger partial charge in [-0.3, -0.25) is 13.9 Å². The van der Waals surface area contributed by atoms with Gasteiger partial charge in [0.2, 0.25) is 21.8 Å². The van der Waals surface area contributed by atoms with Gasteiger partial charge in [-0.2, -0.15) is 0 Å². The Labute approximate surface area is 215 Å². The van der Waals surface area contributed by atoms with Gasteiger partial charge in [0.1, 0.15) is 11.9 Å². The zero-order valence-electron chi connectivity index (χ0n) is 20.5. The quantitative estimate of drug-likeness (QED) is 0.408. The van der Waals surface area contributed by atoms with Crippen LogP contribution >= 0.6 is 15.9 Å². The maximum Gasteiger partial charge on any atom is 0.242 e. The third kappa shape index (κ3) is 8.92. The van der Waals surface area contributed by atoms with Crippen LogP contribution in [0.5, 0.6) is 0 Å². The van der Waals surface area contributed by atoms with E-state index in [1.165, 1.54) is 29.2 Å². The molecule has 0 saturated carbocycles. The van der Waals surface area contributed by atoms with E-state index in [-0.39, 0.29) is 43.8 Å². The number of nitrogens with zero attached hydrogens (tertiary/aromatic N) is 2. The summed E-state index contributed by atoms with van der Waals surface area (Å²) in [5.74, 6) is -0.966. The fourth-order valence-electron chi connectivity index (χ4n) is 3.45. The van der Waals surface area contributed by atoms with Gasteiger partial charge in [-0.25, -0.2) is 12.8 Å². The van der Waals surface area contributed by atoms with E-state index in [0.29, 0.717) is 5.69 Å². The lowest BCUT2D eigenvalue weighted by atomic mass is 10.1. The number of carbonyl (C=O) groups excluding carboxylic acids is 2. The molecule has 0 unspecified atom stereocenters. The lowest BCUT2D eigenvalue weighted by Crippen LogP contribution is -2.49. The summed E-state index contributed by atoms with van der Waals surface area (Å²) in [6.07, 6.45) is 2.12. The molecule has 2 atom stereocenters. The molecule has 0 aliphatic heterocycles. The third-order valence-electron chi connectivity index (χ3n) is 5.70. The molecule has 0 aliphatic rings. The Kier molecular flexibility index (Phi) is 10.7. The van der Waals surface area contributed by atoms with Crippen molar-refractivity contribution in [3.63, 3.8) is 0 Å². The van der Waals surface area contributed by atoms with Gasteiger partial charge in [-0.1, -0.05) is 35.0 Å². The average molecular weight is 571 g/mol. The highest BCUT2D eigenvalue weighted by Gasteiger charge is 2.27. The summed E-state index contributed by atoms with van der Waals surface area (Å²) in [4.78, 5) is 27.6. The lowest BCUT2D eigenvalue weighted by Gasteiger charge is -2.30. The van der Waals surface area contributed by atoms with Crippen molar-refractivity contribution in [3.8, 4) is 0 Å². The van der Waals surface area contributed by atoms with Crippen LogP contribution in [-0.4, -0.2) is 50.0 Å². The van der Waals surface area contributed by atoms with Crippen molar-refractivity contribution in [1.82, 2.24) is 10.2 Å². The summed E-state index contributed by atoms with van der Waals surface area (Å²) < 4.78 is 39.9. The number of hydrogen-bond donors (Lipinski definition) is 1. The molecule has 0 bridgehead atoms. The van der Waals surface area contributed by atoms with Gasteiger partial charge in [-0.15, -0.1) is 0 Å². The van der Waals surface area contributed by atoms with Crippen LogP contribution in [0.4, 0.5) is 10.1 Å². The van der Waals surface area contributed by atoms with Crippen LogP contribution in [0.2, 0.25) is 0 Å². The van der Waals surface area contributed by atoms with E-state index in [9.17, 15) is 22.4 Å².